The Morgan fingerprint density at radius 3 is 2.80 bits per heavy atom. The van der Waals surface area contributed by atoms with Gasteiger partial charge in [0.2, 0.25) is 0 Å². The molecule has 1 fully saturated rings. The number of rotatable bonds is 6. The van der Waals surface area contributed by atoms with Gasteiger partial charge in [-0.1, -0.05) is 0 Å². The summed E-state index contributed by atoms with van der Waals surface area (Å²) in [5.41, 5.74) is 2.57. The molecule has 108 valence electrons. The van der Waals surface area contributed by atoms with Crippen LogP contribution in [0.2, 0.25) is 0 Å². The van der Waals surface area contributed by atoms with Gasteiger partial charge >= 0.3 is 0 Å². The Morgan fingerprint density at radius 1 is 1.35 bits per heavy atom. The van der Waals surface area contributed by atoms with Crippen molar-refractivity contribution in [2.45, 2.75) is 25.8 Å². The number of nitrogens with zero attached hydrogens (tertiary/aromatic N) is 1. The van der Waals surface area contributed by atoms with Gasteiger partial charge in [0.15, 0.2) is 4.77 Å². The third kappa shape index (κ3) is 2.47. The fourth-order valence-corrected chi connectivity index (χ4v) is 3.02. The summed E-state index contributed by atoms with van der Waals surface area (Å²) in [5.74, 6) is 0.849. The van der Waals surface area contributed by atoms with Crippen LogP contribution < -0.4 is 4.74 Å². The van der Waals surface area contributed by atoms with E-state index in [9.17, 15) is 0 Å². The van der Waals surface area contributed by atoms with Crippen LogP contribution in [0.5, 0.6) is 5.75 Å². The number of fused-ring (bicyclic) bond motifs is 1. The number of hydrogen-bond donors (Lipinski definition) is 1. The maximum atomic E-state index is 5.48. The van der Waals surface area contributed by atoms with Crippen molar-refractivity contribution in [2.24, 2.45) is 5.41 Å². The zero-order valence-corrected chi connectivity index (χ0v) is 12.8. The van der Waals surface area contributed by atoms with Crippen LogP contribution in [-0.4, -0.2) is 30.4 Å². The molecule has 20 heavy (non-hydrogen) atoms. The second-order valence-corrected chi connectivity index (χ2v) is 6.03. The molecule has 4 nitrogen and oxygen atoms in total. The number of nitrogens with one attached hydrogen (secondary N) is 1. The fourth-order valence-electron chi connectivity index (χ4n) is 2.74. The van der Waals surface area contributed by atoms with E-state index in [1.54, 1.807) is 14.2 Å². The Labute approximate surface area is 123 Å². The Morgan fingerprint density at radius 2 is 2.15 bits per heavy atom. The molecule has 0 aliphatic heterocycles. The summed E-state index contributed by atoms with van der Waals surface area (Å²) < 4.78 is 13.5. The summed E-state index contributed by atoms with van der Waals surface area (Å²) in [7, 11) is 3.44. The molecule has 0 amide bonds. The molecule has 0 bridgehead atoms. The zero-order valence-electron chi connectivity index (χ0n) is 11.9. The summed E-state index contributed by atoms with van der Waals surface area (Å²) >= 11 is 5.48. The average molecular weight is 292 g/mol. The van der Waals surface area contributed by atoms with E-state index in [2.05, 4.69) is 15.6 Å². The molecule has 3 rings (SSSR count). The highest BCUT2D eigenvalue weighted by Gasteiger charge is 2.42. The molecule has 1 aromatic heterocycles. The Hall–Kier alpha value is -1.33. The van der Waals surface area contributed by atoms with E-state index < -0.39 is 0 Å². The molecule has 0 unspecified atom stereocenters. The van der Waals surface area contributed by atoms with Crippen molar-refractivity contribution < 1.29 is 9.47 Å². The van der Waals surface area contributed by atoms with Gasteiger partial charge in [0.1, 0.15) is 5.75 Å². The average Bonchev–Trinajstić information content (AvgIpc) is 3.16. The number of methoxy groups -OCH3 is 2. The van der Waals surface area contributed by atoms with Crippen LogP contribution in [0.4, 0.5) is 0 Å². The quantitative estimate of drug-likeness (QED) is 0.828. The molecule has 5 heteroatoms. The number of H-pyrrole nitrogens is 1. The van der Waals surface area contributed by atoms with Crippen molar-refractivity contribution in [3.8, 4) is 5.75 Å². The first-order valence-electron chi connectivity index (χ1n) is 6.93. The lowest BCUT2D eigenvalue weighted by Gasteiger charge is -2.16. The SMILES string of the molecule is COCCC1(Cn2c(=S)[nH]c3cc(OC)ccc32)CC1. The summed E-state index contributed by atoms with van der Waals surface area (Å²) in [6.45, 7) is 1.80. The van der Waals surface area contributed by atoms with Gasteiger partial charge in [-0.2, -0.15) is 0 Å². The summed E-state index contributed by atoms with van der Waals surface area (Å²) in [5, 5.41) is 0. The topological polar surface area (TPSA) is 39.2 Å². The Balaban J connectivity index is 1.92. The van der Waals surface area contributed by atoms with Crippen molar-refractivity contribution in [3.05, 3.63) is 23.0 Å². The molecule has 1 N–H and O–H groups in total. The summed E-state index contributed by atoms with van der Waals surface area (Å²) in [6.07, 6.45) is 3.63. The second kappa shape index (κ2) is 5.22. The van der Waals surface area contributed by atoms with E-state index in [4.69, 9.17) is 21.7 Å². The number of aromatic amines is 1. The number of aromatic nitrogens is 2. The molecule has 2 aromatic rings. The van der Waals surface area contributed by atoms with Gasteiger partial charge in [-0.3, -0.25) is 0 Å². The lowest BCUT2D eigenvalue weighted by molar-refractivity contribution is 0.167. The first-order chi connectivity index (χ1) is 9.67. The minimum absolute atomic E-state index is 0.378. The van der Waals surface area contributed by atoms with Gasteiger partial charge in [-0.05, 0) is 49.0 Å². The van der Waals surface area contributed by atoms with Gasteiger partial charge in [-0.15, -0.1) is 0 Å². The normalized spacial score (nSPS) is 16.5. The molecule has 1 aliphatic carbocycles. The van der Waals surface area contributed by atoms with E-state index in [0.29, 0.717) is 5.41 Å². The van der Waals surface area contributed by atoms with E-state index in [-0.39, 0.29) is 0 Å². The molecule has 1 aliphatic rings. The van der Waals surface area contributed by atoms with Gasteiger partial charge < -0.3 is 19.0 Å². The van der Waals surface area contributed by atoms with Crippen LogP contribution in [0.15, 0.2) is 18.2 Å². The largest absolute Gasteiger partial charge is 0.497 e. The summed E-state index contributed by atoms with van der Waals surface area (Å²) in [4.78, 5) is 3.27. The third-order valence-corrected chi connectivity index (χ3v) is 4.59. The van der Waals surface area contributed by atoms with Crippen molar-refractivity contribution >= 4 is 23.3 Å². The van der Waals surface area contributed by atoms with Crippen LogP contribution in [0.1, 0.15) is 19.3 Å². The number of imidazole rings is 1. The van der Waals surface area contributed by atoms with Gasteiger partial charge in [0, 0.05) is 26.3 Å². The predicted octanol–water partition coefficient (Wildman–Crippen LogP) is 3.52. The Kier molecular flexibility index (Phi) is 3.56. The monoisotopic (exact) mass is 292 g/mol. The fraction of sp³-hybridized carbons (Fsp3) is 0.533. The van der Waals surface area contributed by atoms with Crippen molar-refractivity contribution in [1.29, 1.82) is 0 Å². The minimum atomic E-state index is 0.378. The Bertz CT molecular complexity index is 670. The maximum Gasteiger partial charge on any atom is 0.178 e. The van der Waals surface area contributed by atoms with Crippen LogP contribution >= 0.6 is 12.2 Å². The summed E-state index contributed by atoms with van der Waals surface area (Å²) in [6, 6.07) is 6.05. The standard InChI is InChI=1S/C15H20N2O2S/c1-18-8-7-15(5-6-15)10-17-13-4-3-11(19-2)9-12(13)16-14(17)20/h3-4,9H,5-8,10H2,1-2H3,(H,16,20). The van der Waals surface area contributed by atoms with E-state index in [1.165, 1.54) is 12.8 Å². The highest BCUT2D eigenvalue weighted by Crippen LogP contribution is 2.50. The highest BCUT2D eigenvalue weighted by atomic mass is 32.1. The predicted molar refractivity (Wildman–Crippen MR) is 81.8 cm³/mol. The van der Waals surface area contributed by atoms with Crippen molar-refractivity contribution in [3.63, 3.8) is 0 Å². The lowest BCUT2D eigenvalue weighted by Crippen LogP contribution is -2.14. The molecule has 0 radical (unpaired) electrons. The van der Waals surface area contributed by atoms with Crippen molar-refractivity contribution in [1.82, 2.24) is 9.55 Å². The van der Waals surface area contributed by atoms with Crippen LogP contribution in [0, 0.1) is 10.2 Å². The smallest absolute Gasteiger partial charge is 0.178 e. The van der Waals surface area contributed by atoms with Gasteiger partial charge in [0.05, 0.1) is 18.1 Å². The molecule has 0 atom stereocenters. The van der Waals surface area contributed by atoms with E-state index in [1.807, 2.05) is 12.1 Å². The van der Waals surface area contributed by atoms with Crippen LogP contribution in [0.25, 0.3) is 11.0 Å². The molecule has 1 saturated carbocycles. The minimum Gasteiger partial charge on any atom is -0.497 e. The van der Waals surface area contributed by atoms with Gasteiger partial charge in [-0.25, -0.2) is 0 Å². The van der Waals surface area contributed by atoms with Crippen LogP contribution in [-0.2, 0) is 11.3 Å². The first-order valence-corrected chi connectivity index (χ1v) is 7.34. The molecule has 1 heterocycles. The maximum absolute atomic E-state index is 5.48. The van der Waals surface area contributed by atoms with Crippen molar-refractivity contribution in [2.75, 3.05) is 20.8 Å². The van der Waals surface area contributed by atoms with Crippen LogP contribution in [0.3, 0.4) is 0 Å². The van der Waals surface area contributed by atoms with Gasteiger partial charge in [0.25, 0.3) is 0 Å². The second-order valence-electron chi connectivity index (χ2n) is 5.64. The number of hydrogen-bond acceptors (Lipinski definition) is 3. The van der Waals surface area contributed by atoms with E-state index >= 15 is 0 Å². The number of benzene rings is 1. The molecule has 1 aromatic carbocycles. The first kappa shape index (κ1) is 13.6. The molecule has 0 saturated heterocycles. The van der Waals surface area contributed by atoms with E-state index in [0.717, 1.165) is 41.1 Å². The zero-order chi connectivity index (χ0) is 14.2. The molecular formula is C15H20N2O2S. The lowest BCUT2D eigenvalue weighted by atomic mass is 10.0. The highest BCUT2D eigenvalue weighted by molar-refractivity contribution is 7.71. The third-order valence-electron chi connectivity index (χ3n) is 4.27. The number of ether oxygens (including phenoxy) is 2. The molecule has 0 spiro atoms. The molecular weight excluding hydrogens is 272 g/mol.